The van der Waals surface area contributed by atoms with E-state index in [1.54, 1.807) is 0 Å². The molecule has 1 N–H and O–H groups in total. The number of anilines is 1. The van der Waals surface area contributed by atoms with Gasteiger partial charge in [-0.3, -0.25) is 4.79 Å². The minimum absolute atomic E-state index is 0.130. The van der Waals surface area contributed by atoms with Crippen LogP contribution in [0.25, 0.3) is 11.3 Å². The minimum Gasteiger partial charge on any atom is -0.302 e. The maximum atomic E-state index is 13.2. The minimum atomic E-state index is -4.00. The number of carbonyl (C=O) groups excluding carboxylic acids is 1. The van der Waals surface area contributed by atoms with Gasteiger partial charge in [-0.2, -0.15) is 4.31 Å². The highest BCUT2D eigenvalue weighted by atomic mass is 32.2. The number of piperidine rings is 1. The first-order valence-electron chi connectivity index (χ1n) is 11.2. The van der Waals surface area contributed by atoms with Crippen molar-refractivity contribution in [1.82, 2.24) is 9.29 Å². The van der Waals surface area contributed by atoms with Crippen molar-refractivity contribution in [2.75, 3.05) is 24.7 Å². The molecule has 0 aliphatic carbocycles. The standard InChI is InChI=1S/C24H27N3O5S3/c1-3-17-8-10-18(11-9-17)20-16-33-24(25-20)26-23(28)19-12-14-27(15-13-19)35(31,32)22-7-5-4-6-21(22)34(2,29)30/h4-11,16,19H,3,12-15H2,1-2H3,(H,25,26,28). The second-order valence-electron chi connectivity index (χ2n) is 8.47. The van der Waals surface area contributed by atoms with Crippen LogP contribution in [0.3, 0.4) is 0 Å². The number of nitrogens with zero attached hydrogens (tertiary/aromatic N) is 2. The van der Waals surface area contributed by atoms with Gasteiger partial charge in [0.05, 0.1) is 10.6 Å². The van der Waals surface area contributed by atoms with Gasteiger partial charge in [0.1, 0.15) is 4.90 Å². The van der Waals surface area contributed by atoms with E-state index in [-0.39, 0.29) is 34.7 Å². The van der Waals surface area contributed by atoms with Crippen molar-refractivity contribution >= 4 is 42.2 Å². The molecule has 35 heavy (non-hydrogen) atoms. The van der Waals surface area contributed by atoms with E-state index < -0.39 is 19.9 Å². The lowest BCUT2D eigenvalue weighted by atomic mass is 9.97. The fourth-order valence-corrected chi connectivity index (χ4v) is 7.84. The van der Waals surface area contributed by atoms with Crippen LogP contribution in [0.1, 0.15) is 25.3 Å². The molecule has 11 heteroatoms. The summed E-state index contributed by atoms with van der Waals surface area (Å²) in [6.45, 7) is 2.36. The Morgan fingerprint density at radius 2 is 1.66 bits per heavy atom. The van der Waals surface area contributed by atoms with E-state index in [1.165, 1.54) is 45.5 Å². The molecule has 1 amide bonds. The van der Waals surface area contributed by atoms with Crippen molar-refractivity contribution in [3.05, 3.63) is 59.5 Å². The predicted octanol–water partition coefficient (Wildman–Crippen LogP) is 3.82. The summed E-state index contributed by atoms with van der Waals surface area (Å²) in [5, 5.41) is 5.26. The Morgan fingerprint density at radius 1 is 1.03 bits per heavy atom. The third-order valence-electron chi connectivity index (χ3n) is 6.08. The second kappa shape index (κ2) is 10.2. The molecule has 1 fully saturated rings. The van der Waals surface area contributed by atoms with Gasteiger partial charge in [0.15, 0.2) is 15.0 Å². The monoisotopic (exact) mass is 533 g/mol. The number of amides is 1. The fourth-order valence-electron chi connectivity index (χ4n) is 4.05. The van der Waals surface area contributed by atoms with Gasteiger partial charge in [0, 0.05) is 36.2 Å². The van der Waals surface area contributed by atoms with Gasteiger partial charge in [-0.15, -0.1) is 11.3 Å². The molecule has 1 saturated heterocycles. The number of benzene rings is 2. The van der Waals surface area contributed by atoms with Crippen molar-refractivity contribution in [3.63, 3.8) is 0 Å². The van der Waals surface area contributed by atoms with E-state index in [9.17, 15) is 21.6 Å². The molecule has 1 aromatic heterocycles. The smallest absolute Gasteiger partial charge is 0.244 e. The topological polar surface area (TPSA) is 114 Å². The maximum absolute atomic E-state index is 13.2. The molecule has 2 heterocycles. The van der Waals surface area contributed by atoms with E-state index in [4.69, 9.17) is 0 Å². The van der Waals surface area contributed by atoms with Crippen molar-refractivity contribution in [2.45, 2.75) is 36.0 Å². The highest BCUT2D eigenvalue weighted by Gasteiger charge is 2.34. The lowest BCUT2D eigenvalue weighted by Crippen LogP contribution is -2.41. The van der Waals surface area contributed by atoms with E-state index in [0.29, 0.717) is 18.0 Å². The summed E-state index contributed by atoms with van der Waals surface area (Å²) in [6.07, 6.45) is 2.62. The summed E-state index contributed by atoms with van der Waals surface area (Å²) in [7, 11) is -7.72. The molecule has 0 bridgehead atoms. The van der Waals surface area contributed by atoms with Crippen LogP contribution in [0.4, 0.5) is 5.13 Å². The zero-order valence-corrected chi connectivity index (χ0v) is 21.9. The summed E-state index contributed by atoms with van der Waals surface area (Å²) in [6, 6.07) is 13.7. The lowest BCUT2D eigenvalue weighted by molar-refractivity contribution is -0.120. The van der Waals surface area contributed by atoms with Gasteiger partial charge in [0.2, 0.25) is 15.9 Å². The number of sulfone groups is 1. The van der Waals surface area contributed by atoms with Gasteiger partial charge in [0.25, 0.3) is 0 Å². The van der Waals surface area contributed by atoms with Gasteiger partial charge < -0.3 is 5.32 Å². The Kier molecular flexibility index (Phi) is 7.41. The lowest BCUT2D eigenvalue weighted by Gasteiger charge is -2.30. The molecule has 0 saturated carbocycles. The van der Waals surface area contributed by atoms with E-state index in [1.807, 2.05) is 17.5 Å². The molecule has 3 aromatic rings. The molecule has 2 aromatic carbocycles. The first-order valence-corrected chi connectivity index (χ1v) is 15.5. The predicted molar refractivity (Wildman–Crippen MR) is 137 cm³/mol. The number of nitrogens with one attached hydrogen (secondary N) is 1. The first-order chi connectivity index (χ1) is 16.6. The number of sulfonamides is 1. The largest absolute Gasteiger partial charge is 0.302 e. The zero-order chi connectivity index (χ0) is 25.2. The molecule has 0 atom stereocenters. The average molecular weight is 534 g/mol. The fraction of sp³-hybridized carbons (Fsp3) is 0.333. The molecule has 1 aliphatic heterocycles. The normalized spacial score (nSPS) is 15.7. The molecule has 8 nitrogen and oxygen atoms in total. The highest BCUT2D eigenvalue weighted by Crippen LogP contribution is 2.30. The summed E-state index contributed by atoms with van der Waals surface area (Å²) in [5.74, 6) is -0.552. The van der Waals surface area contributed by atoms with Crippen LogP contribution in [0.2, 0.25) is 0 Å². The van der Waals surface area contributed by atoms with Gasteiger partial charge in [-0.05, 0) is 37.0 Å². The van der Waals surface area contributed by atoms with Crippen LogP contribution in [-0.4, -0.2) is 51.4 Å². The van der Waals surface area contributed by atoms with Crippen LogP contribution in [0.15, 0.2) is 63.7 Å². The third kappa shape index (κ3) is 5.64. The number of aryl methyl sites for hydroxylation is 1. The van der Waals surface area contributed by atoms with Crippen LogP contribution in [0, 0.1) is 5.92 Å². The van der Waals surface area contributed by atoms with Crippen molar-refractivity contribution in [3.8, 4) is 11.3 Å². The Bertz CT molecular complexity index is 1420. The SMILES string of the molecule is CCc1ccc(-c2csc(NC(=O)C3CCN(S(=O)(=O)c4ccccc4S(C)(=O)=O)CC3)n2)cc1. The Morgan fingerprint density at radius 3 is 2.26 bits per heavy atom. The number of aromatic nitrogens is 1. The number of hydrogen-bond acceptors (Lipinski definition) is 7. The molecule has 0 radical (unpaired) electrons. The molecule has 1 aliphatic rings. The van der Waals surface area contributed by atoms with Gasteiger partial charge in [-0.25, -0.2) is 21.8 Å². The van der Waals surface area contributed by atoms with Crippen molar-refractivity contribution < 1.29 is 21.6 Å². The Hall–Kier alpha value is -2.60. The van der Waals surface area contributed by atoms with Crippen LogP contribution in [0.5, 0.6) is 0 Å². The highest BCUT2D eigenvalue weighted by molar-refractivity contribution is 7.93. The molecule has 0 spiro atoms. The Balaban J connectivity index is 1.39. The van der Waals surface area contributed by atoms with Crippen LogP contribution >= 0.6 is 11.3 Å². The second-order valence-corrected chi connectivity index (χ2v) is 13.2. The van der Waals surface area contributed by atoms with E-state index in [0.717, 1.165) is 23.9 Å². The van der Waals surface area contributed by atoms with Crippen LogP contribution in [-0.2, 0) is 31.1 Å². The van der Waals surface area contributed by atoms with Crippen molar-refractivity contribution in [2.24, 2.45) is 5.92 Å². The first kappa shape index (κ1) is 25.5. The molecular weight excluding hydrogens is 506 g/mol. The van der Waals surface area contributed by atoms with Crippen LogP contribution < -0.4 is 5.32 Å². The van der Waals surface area contributed by atoms with Crippen molar-refractivity contribution in [1.29, 1.82) is 0 Å². The van der Waals surface area contributed by atoms with E-state index >= 15 is 0 Å². The molecule has 4 rings (SSSR count). The average Bonchev–Trinajstić information content (AvgIpc) is 3.32. The van der Waals surface area contributed by atoms with Gasteiger partial charge in [-0.1, -0.05) is 43.3 Å². The summed E-state index contributed by atoms with van der Waals surface area (Å²) < 4.78 is 51.7. The van der Waals surface area contributed by atoms with Gasteiger partial charge >= 0.3 is 0 Å². The number of carbonyl (C=O) groups is 1. The number of thiazole rings is 1. The molecular formula is C24H27N3O5S3. The maximum Gasteiger partial charge on any atom is 0.244 e. The molecule has 186 valence electrons. The quantitative estimate of drug-likeness (QED) is 0.494. The van der Waals surface area contributed by atoms with E-state index in [2.05, 4.69) is 29.4 Å². The summed E-state index contributed by atoms with van der Waals surface area (Å²) in [5.41, 5.74) is 3.01. The zero-order valence-electron chi connectivity index (χ0n) is 19.5. The number of rotatable bonds is 7. The molecule has 0 unspecified atom stereocenters. The third-order valence-corrected chi connectivity index (χ3v) is 10.1. The number of hydrogen-bond donors (Lipinski definition) is 1. The summed E-state index contributed by atoms with van der Waals surface area (Å²) in [4.78, 5) is 16.9. The Labute approximate surface area is 210 Å². The summed E-state index contributed by atoms with van der Waals surface area (Å²) >= 11 is 1.35.